The molecule has 0 aromatic heterocycles. The second-order valence-corrected chi connectivity index (χ2v) is 3.71. The van der Waals surface area contributed by atoms with E-state index in [4.69, 9.17) is 4.74 Å². The van der Waals surface area contributed by atoms with Crippen LogP contribution in [0.1, 0.15) is 40.0 Å². The molecule has 0 N–H and O–H groups in total. The first-order chi connectivity index (χ1) is 5.66. The quantitative estimate of drug-likeness (QED) is 0.438. The fraction of sp³-hybridized carbons (Fsp3) is 0.818. The molecule has 0 aliphatic heterocycles. The zero-order valence-electron chi connectivity index (χ0n) is 8.89. The first-order valence-electron chi connectivity index (χ1n) is 4.83. The average molecular weight is 170 g/mol. The van der Waals surface area contributed by atoms with E-state index in [9.17, 15) is 0 Å². The van der Waals surface area contributed by atoms with Crippen LogP contribution in [0.5, 0.6) is 0 Å². The summed E-state index contributed by atoms with van der Waals surface area (Å²) in [6, 6.07) is 0. The van der Waals surface area contributed by atoms with Crippen LogP contribution in [0.2, 0.25) is 0 Å². The van der Waals surface area contributed by atoms with Gasteiger partial charge in [-0.1, -0.05) is 25.5 Å². The summed E-state index contributed by atoms with van der Waals surface area (Å²) in [5, 5.41) is 0. The highest BCUT2D eigenvalue weighted by Gasteiger charge is 1.92. The Balaban J connectivity index is 3.37. The summed E-state index contributed by atoms with van der Waals surface area (Å²) >= 11 is 0. The second-order valence-electron chi connectivity index (χ2n) is 3.71. The van der Waals surface area contributed by atoms with Gasteiger partial charge in [-0.15, -0.1) is 0 Å². The van der Waals surface area contributed by atoms with Crippen LogP contribution in [0, 0.1) is 5.92 Å². The Morgan fingerprint density at radius 3 is 2.50 bits per heavy atom. The molecule has 0 saturated heterocycles. The molecule has 12 heavy (non-hydrogen) atoms. The van der Waals surface area contributed by atoms with E-state index in [0.29, 0.717) is 5.92 Å². The molecule has 0 aromatic rings. The highest BCUT2D eigenvalue weighted by Crippen LogP contribution is 2.09. The lowest BCUT2D eigenvalue weighted by Crippen LogP contribution is -1.89. The number of rotatable bonds is 6. The normalized spacial score (nSPS) is 12.6. The van der Waals surface area contributed by atoms with Gasteiger partial charge < -0.3 is 4.74 Å². The first-order valence-corrected chi connectivity index (χ1v) is 4.83. The SMILES string of the molecule is COCCCCC(C)=CC(C)C. The van der Waals surface area contributed by atoms with Gasteiger partial charge in [0.25, 0.3) is 0 Å². The van der Waals surface area contributed by atoms with Gasteiger partial charge in [0.1, 0.15) is 0 Å². The van der Waals surface area contributed by atoms with Crippen LogP contribution in [0.15, 0.2) is 11.6 Å². The number of hydrogen-bond donors (Lipinski definition) is 0. The van der Waals surface area contributed by atoms with Crippen LogP contribution in [0.4, 0.5) is 0 Å². The van der Waals surface area contributed by atoms with Gasteiger partial charge in [-0.25, -0.2) is 0 Å². The Kier molecular flexibility index (Phi) is 7.17. The van der Waals surface area contributed by atoms with Crippen molar-refractivity contribution >= 4 is 0 Å². The van der Waals surface area contributed by atoms with E-state index in [1.54, 1.807) is 7.11 Å². The minimum atomic E-state index is 0.687. The highest BCUT2D eigenvalue weighted by atomic mass is 16.5. The summed E-state index contributed by atoms with van der Waals surface area (Å²) in [5.74, 6) is 0.687. The van der Waals surface area contributed by atoms with Crippen molar-refractivity contribution in [3.63, 3.8) is 0 Å². The summed E-state index contributed by atoms with van der Waals surface area (Å²) in [7, 11) is 1.76. The van der Waals surface area contributed by atoms with E-state index in [0.717, 1.165) is 6.61 Å². The van der Waals surface area contributed by atoms with E-state index in [-0.39, 0.29) is 0 Å². The number of allylic oxidation sites excluding steroid dienone is 2. The molecular formula is C11H22O. The van der Waals surface area contributed by atoms with Crippen LogP contribution in [0.3, 0.4) is 0 Å². The third kappa shape index (κ3) is 7.80. The van der Waals surface area contributed by atoms with Crippen LogP contribution < -0.4 is 0 Å². The summed E-state index contributed by atoms with van der Waals surface area (Å²) in [5.41, 5.74) is 1.51. The predicted molar refractivity (Wildman–Crippen MR) is 54.3 cm³/mol. The van der Waals surface area contributed by atoms with Crippen molar-refractivity contribution in [2.24, 2.45) is 5.92 Å². The lowest BCUT2D eigenvalue weighted by molar-refractivity contribution is 0.193. The van der Waals surface area contributed by atoms with Crippen molar-refractivity contribution < 1.29 is 4.74 Å². The molecule has 0 spiro atoms. The van der Waals surface area contributed by atoms with Gasteiger partial charge in [0.05, 0.1) is 0 Å². The van der Waals surface area contributed by atoms with E-state index >= 15 is 0 Å². The maximum atomic E-state index is 4.99. The molecule has 0 rings (SSSR count). The second kappa shape index (κ2) is 7.35. The smallest absolute Gasteiger partial charge is 0.0462 e. The molecule has 0 radical (unpaired) electrons. The van der Waals surface area contributed by atoms with E-state index in [2.05, 4.69) is 26.8 Å². The minimum absolute atomic E-state index is 0.687. The van der Waals surface area contributed by atoms with Gasteiger partial charge in [0.2, 0.25) is 0 Å². The molecule has 72 valence electrons. The molecule has 0 saturated carbocycles. The molecular weight excluding hydrogens is 148 g/mol. The Hall–Kier alpha value is -0.300. The van der Waals surface area contributed by atoms with Crippen molar-refractivity contribution in [1.82, 2.24) is 0 Å². The van der Waals surface area contributed by atoms with E-state index in [1.807, 2.05) is 0 Å². The maximum Gasteiger partial charge on any atom is 0.0462 e. The number of ether oxygens (including phenoxy) is 1. The van der Waals surface area contributed by atoms with Crippen LogP contribution in [-0.2, 0) is 4.74 Å². The number of unbranched alkanes of at least 4 members (excludes halogenated alkanes) is 1. The molecule has 0 fully saturated rings. The highest BCUT2D eigenvalue weighted by molar-refractivity contribution is 4.99. The molecule has 0 heterocycles. The average Bonchev–Trinajstić information content (AvgIpc) is 1.97. The minimum Gasteiger partial charge on any atom is -0.385 e. The zero-order valence-corrected chi connectivity index (χ0v) is 8.89. The van der Waals surface area contributed by atoms with Crippen molar-refractivity contribution in [3.05, 3.63) is 11.6 Å². The van der Waals surface area contributed by atoms with Crippen LogP contribution in [-0.4, -0.2) is 13.7 Å². The molecule has 1 nitrogen and oxygen atoms in total. The standard InChI is InChI=1S/C11H22O/c1-10(2)9-11(3)7-5-6-8-12-4/h9-10H,5-8H2,1-4H3. The Morgan fingerprint density at radius 1 is 1.33 bits per heavy atom. The van der Waals surface area contributed by atoms with Crippen molar-refractivity contribution in [2.45, 2.75) is 40.0 Å². The largest absolute Gasteiger partial charge is 0.385 e. The fourth-order valence-corrected chi connectivity index (χ4v) is 1.30. The number of hydrogen-bond acceptors (Lipinski definition) is 1. The predicted octanol–water partition coefficient (Wildman–Crippen LogP) is 3.41. The summed E-state index contributed by atoms with van der Waals surface area (Å²) in [6.07, 6.45) is 6.00. The molecule has 0 aromatic carbocycles. The lowest BCUT2D eigenvalue weighted by atomic mass is 10.1. The Labute approximate surface area is 76.8 Å². The van der Waals surface area contributed by atoms with Crippen LogP contribution in [0.25, 0.3) is 0 Å². The van der Waals surface area contributed by atoms with Gasteiger partial charge in [0, 0.05) is 13.7 Å². The van der Waals surface area contributed by atoms with E-state index in [1.165, 1.54) is 24.8 Å². The zero-order chi connectivity index (χ0) is 9.40. The summed E-state index contributed by atoms with van der Waals surface area (Å²) < 4.78 is 4.99. The van der Waals surface area contributed by atoms with Crippen molar-refractivity contribution in [3.8, 4) is 0 Å². The summed E-state index contributed by atoms with van der Waals surface area (Å²) in [4.78, 5) is 0. The fourth-order valence-electron chi connectivity index (χ4n) is 1.30. The molecule has 0 amide bonds. The van der Waals surface area contributed by atoms with Gasteiger partial charge >= 0.3 is 0 Å². The monoisotopic (exact) mass is 170 g/mol. The van der Waals surface area contributed by atoms with Gasteiger partial charge in [-0.3, -0.25) is 0 Å². The topological polar surface area (TPSA) is 9.23 Å². The van der Waals surface area contributed by atoms with Crippen molar-refractivity contribution in [2.75, 3.05) is 13.7 Å². The summed E-state index contributed by atoms with van der Waals surface area (Å²) in [6.45, 7) is 7.55. The molecule has 0 unspecified atom stereocenters. The van der Waals surface area contributed by atoms with E-state index < -0.39 is 0 Å². The lowest BCUT2D eigenvalue weighted by Gasteiger charge is -2.03. The van der Waals surface area contributed by atoms with Crippen LogP contribution >= 0.6 is 0 Å². The molecule has 0 atom stereocenters. The third-order valence-corrected chi connectivity index (χ3v) is 1.79. The first kappa shape index (κ1) is 11.7. The Bertz CT molecular complexity index is 125. The Morgan fingerprint density at radius 2 is 2.00 bits per heavy atom. The molecule has 0 aliphatic rings. The van der Waals surface area contributed by atoms with Crippen molar-refractivity contribution in [1.29, 1.82) is 0 Å². The molecule has 0 bridgehead atoms. The molecule has 0 aliphatic carbocycles. The maximum absolute atomic E-state index is 4.99. The number of methoxy groups -OCH3 is 1. The van der Waals surface area contributed by atoms with Gasteiger partial charge in [0.15, 0.2) is 0 Å². The molecule has 1 heteroatoms. The van der Waals surface area contributed by atoms with Gasteiger partial charge in [-0.2, -0.15) is 0 Å². The van der Waals surface area contributed by atoms with Gasteiger partial charge in [-0.05, 0) is 32.1 Å². The third-order valence-electron chi connectivity index (χ3n) is 1.79.